The molecule has 0 fully saturated rings. The Labute approximate surface area is 144 Å². The zero-order valence-corrected chi connectivity index (χ0v) is 13.0. The number of benzene rings is 2. The SMILES string of the molecule is O=C(O)c1nnn(Cc2cccc(C(F)(F)F)c2)c1-c1ccc(F)cc1. The van der Waals surface area contributed by atoms with Crippen molar-refractivity contribution in [2.45, 2.75) is 12.7 Å². The van der Waals surface area contributed by atoms with Gasteiger partial charge in [0.05, 0.1) is 12.1 Å². The van der Waals surface area contributed by atoms with Crippen molar-refractivity contribution in [2.75, 3.05) is 0 Å². The van der Waals surface area contributed by atoms with E-state index in [1.807, 2.05) is 0 Å². The van der Waals surface area contributed by atoms with Crippen molar-refractivity contribution in [3.05, 3.63) is 71.2 Å². The van der Waals surface area contributed by atoms with Gasteiger partial charge < -0.3 is 5.11 Å². The third-order valence-electron chi connectivity index (χ3n) is 3.64. The molecule has 3 aromatic rings. The fourth-order valence-corrected chi connectivity index (χ4v) is 2.48. The summed E-state index contributed by atoms with van der Waals surface area (Å²) >= 11 is 0. The smallest absolute Gasteiger partial charge is 0.416 e. The Balaban J connectivity index is 2.04. The number of aromatic nitrogens is 3. The summed E-state index contributed by atoms with van der Waals surface area (Å²) in [6.45, 7) is -0.128. The number of halogens is 4. The van der Waals surface area contributed by atoms with Crippen molar-refractivity contribution in [1.82, 2.24) is 15.0 Å². The molecule has 0 amide bonds. The normalized spacial score (nSPS) is 11.5. The molecule has 0 aliphatic carbocycles. The summed E-state index contributed by atoms with van der Waals surface area (Å²) in [7, 11) is 0. The van der Waals surface area contributed by atoms with E-state index in [9.17, 15) is 27.5 Å². The van der Waals surface area contributed by atoms with Gasteiger partial charge in [0.15, 0.2) is 5.69 Å². The van der Waals surface area contributed by atoms with E-state index in [-0.39, 0.29) is 23.5 Å². The number of rotatable bonds is 4. The number of carboxylic acids is 1. The summed E-state index contributed by atoms with van der Waals surface area (Å²) < 4.78 is 52.9. The van der Waals surface area contributed by atoms with Crippen LogP contribution in [0, 0.1) is 5.82 Å². The van der Waals surface area contributed by atoms with Crippen LogP contribution in [0.1, 0.15) is 21.6 Å². The van der Waals surface area contributed by atoms with Crippen LogP contribution < -0.4 is 0 Å². The lowest BCUT2D eigenvalue weighted by Crippen LogP contribution is -2.09. The molecule has 0 radical (unpaired) electrons. The zero-order chi connectivity index (χ0) is 18.9. The summed E-state index contributed by atoms with van der Waals surface area (Å²) in [6, 6.07) is 9.60. The predicted molar refractivity (Wildman–Crippen MR) is 82.9 cm³/mol. The highest BCUT2D eigenvalue weighted by molar-refractivity contribution is 5.92. The molecule has 0 atom stereocenters. The molecule has 0 spiro atoms. The molecule has 0 aliphatic heterocycles. The minimum Gasteiger partial charge on any atom is -0.476 e. The lowest BCUT2D eigenvalue weighted by molar-refractivity contribution is -0.137. The van der Waals surface area contributed by atoms with Gasteiger partial charge in [-0.05, 0) is 42.0 Å². The van der Waals surface area contributed by atoms with Crippen LogP contribution in [-0.2, 0) is 12.7 Å². The first-order valence-corrected chi connectivity index (χ1v) is 7.34. The lowest BCUT2D eigenvalue weighted by atomic mass is 10.1. The third kappa shape index (κ3) is 3.56. The summed E-state index contributed by atoms with van der Waals surface area (Å²) in [5.41, 5.74) is -0.513. The first-order chi connectivity index (χ1) is 12.3. The van der Waals surface area contributed by atoms with E-state index < -0.39 is 23.5 Å². The Kier molecular flexibility index (Phi) is 4.45. The molecule has 5 nitrogen and oxygen atoms in total. The molecule has 0 unspecified atom stereocenters. The van der Waals surface area contributed by atoms with Gasteiger partial charge in [0.1, 0.15) is 11.5 Å². The highest BCUT2D eigenvalue weighted by Crippen LogP contribution is 2.30. The first kappa shape index (κ1) is 17.6. The van der Waals surface area contributed by atoms with Gasteiger partial charge in [-0.15, -0.1) is 5.10 Å². The largest absolute Gasteiger partial charge is 0.476 e. The molecule has 1 N–H and O–H groups in total. The van der Waals surface area contributed by atoms with Gasteiger partial charge >= 0.3 is 12.1 Å². The standard InChI is InChI=1S/C17H11F4N3O2/c18-13-6-4-11(5-7-13)15-14(16(25)26)22-23-24(15)9-10-2-1-3-12(8-10)17(19,20)21/h1-8H,9H2,(H,25,26). The summed E-state index contributed by atoms with van der Waals surface area (Å²) in [5, 5.41) is 16.6. The van der Waals surface area contributed by atoms with E-state index in [1.54, 1.807) is 0 Å². The molecule has 134 valence electrons. The molecule has 26 heavy (non-hydrogen) atoms. The van der Waals surface area contributed by atoms with Crippen molar-refractivity contribution in [2.24, 2.45) is 0 Å². The number of aromatic carboxylic acids is 1. The highest BCUT2D eigenvalue weighted by Gasteiger charge is 2.30. The number of carbonyl (C=O) groups is 1. The van der Waals surface area contributed by atoms with Crippen molar-refractivity contribution >= 4 is 5.97 Å². The van der Waals surface area contributed by atoms with Gasteiger partial charge in [0.25, 0.3) is 0 Å². The fraction of sp³-hybridized carbons (Fsp3) is 0.118. The third-order valence-corrected chi connectivity index (χ3v) is 3.64. The van der Waals surface area contributed by atoms with Crippen LogP contribution in [0.25, 0.3) is 11.3 Å². The van der Waals surface area contributed by atoms with Crippen molar-refractivity contribution in [3.63, 3.8) is 0 Å². The van der Waals surface area contributed by atoms with E-state index in [1.165, 1.54) is 28.9 Å². The van der Waals surface area contributed by atoms with Crippen LogP contribution in [0.4, 0.5) is 17.6 Å². The van der Waals surface area contributed by atoms with Crippen molar-refractivity contribution in [3.8, 4) is 11.3 Å². The number of carboxylic acid groups (broad SMARTS) is 1. The molecule has 1 heterocycles. The predicted octanol–water partition coefficient (Wildman–Crippen LogP) is 3.85. The van der Waals surface area contributed by atoms with Gasteiger partial charge in [0.2, 0.25) is 0 Å². The summed E-state index contributed by atoms with van der Waals surface area (Å²) in [4.78, 5) is 11.4. The maximum Gasteiger partial charge on any atom is 0.416 e. The fourth-order valence-electron chi connectivity index (χ4n) is 2.48. The van der Waals surface area contributed by atoms with Crippen LogP contribution in [0.5, 0.6) is 0 Å². The lowest BCUT2D eigenvalue weighted by Gasteiger charge is -2.10. The minimum absolute atomic E-state index is 0.0786. The molecule has 1 aromatic heterocycles. The Hall–Kier alpha value is -3.23. The molecule has 2 aromatic carbocycles. The second-order valence-electron chi connectivity index (χ2n) is 5.45. The van der Waals surface area contributed by atoms with E-state index >= 15 is 0 Å². The molecule has 9 heteroatoms. The quantitative estimate of drug-likeness (QED) is 0.713. The molecule has 3 rings (SSSR count). The Morgan fingerprint density at radius 1 is 1.12 bits per heavy atom. The van der Waals surface area contributed by atoms with Crippen LogP contribution in [0.2, 0.25) is 0 Å². The highest BCUT2D eigenvalue weighted by atomic mass is 19.4. The Morgan fingerprint density at radius 3 is 2.42 bits per heavy atom. The van der Waals surface area contributed by atoms with E-state index in [0.29, 0.717) is 5.56 Å². The average Bonchev–Trinajstić information content (AvgIpc) is 2.99. The summed E-state index contributed by atoms with van der Waals surface area (Å²) in [5.74, 6) is -1.86. The number of hydrogen-bond acceptors (Lipinski definition) is 3. The van der Waals surface area contributed by atoms with Gasteiger partial charge in [-0.25, -0.2) is 13.9 Å². The van der Waals surface area contributed by atoms with Crippen LogP contribution in [0.15, 0.2) is 48.5 Å². The average molecular weight is 365 g/mol. The molecule has 0 saturated heterocycles. The van der Waals surface area contributed by atoms with Crippen LogP contribution in [-0.4, -0.2) is 26.1 Å². The van der Waals surface area contributed by atoms with Gasteiger partial charge in [0, 0.05) is 5.56 Å². The Bertz CT molecular complexity index is 949. The maximum atomic E-state index is 13.1. The van der Waals surface area contributed by atoms with Gasteiger partial charge in [-0.3, -0.25) is 0 Å². The molecule has 0 bridgehead atoms. The van der Waals surface area contributed by atoms with Gasteiger partial charge in [-0.1, -0.05) is 17.3 Å². The van der Waals surface area contributed by atoms with Crippen molar-refractivity contribution in [1.29, 1.82) is 0 Å². The topological polar surface area (TPSA) is 68.0 Å². The van der Waals surface area contributed by atoms with Crippen molar-refractivity contribution < 1.29 is 27.5 Å². The number of alkyl halides is 3. The maximum absolute atomic E-state index is 13.1. The summed E-state index contributed by atoms with van der Waals surface area (Å²) in [6.07, 6.45) is -4.50. The number of hydrogen-bond donors (Lipinski definition) is 1. The number of nitrogens with zero attached hydrogens (tertiary/aromatic N) is 3. The van der Waals surface area contributed by atoms with Crippen LogP contribution >= 0.6 is 0 Å². The molecular formula is C17H11F4N3O2. The second kappa shape index (κ2) is 6.58. The molecule has 0 saturated carbocycles. The Morgan fingerprint density at radius 2 is 1.81 bits per heavy atom. The van der Waals surface area contributed by atoms with E-state index in [4.69, 9.17) is 0 Å². The van der Waals surface area contributed by atoms with Gasteiger partial charge in [-0.2, -0.15) is 13.2 Å². The van der Waals surface area contributed by atoms with Crippen LogP contribution in [0.3, 0.4) is 0 Å². The molecular weight excluding hydrogens is 354 g/mol. The first-order valence-electron chi connectivity index (χ1n) is 7.34. The zero-order valence-electron chi connectivity index (χ0n) is 13.0. The minimum atomic E-state index is -4.50. The second-order valence-corrected chi connectivity index (χ2v) is 5.45. The monoisotopic (exact) mass is 365 g/mol. The van der Waals surface area contributed by atoms with E-state index in [0.717, 1.165) is 24.3 Å². The molecule has 0 aliphatic rings. The van der Waals surface area contributed by atoms with E-state index in [2.05, 4.69) is 10.3 Å².